The quantitative estimate of drug-likeness (QED) is 0.0714. The molecule has 0 bridgehead atoms. The highest BCUT2D eigenvalue weighted by Crippen LogP contribution is 2.36. The monoisotopic (exact) mass is 730 g/mol. The molecule has 2 aromatic rings. The first-order valence-corrected chi connectivity index (χ1v) is 18.5. The lowest BCUT2D eigenvalue weighted by Gasteiger charge is -2.29. The molecule has 13 nitrogen and oxygen atoms in total. The topological polar surface area (TPSA) is 203 Å². The molecule has 0 spiro atoms. The molecule has 1 fully saturated rings. The van der Waals surface area contributed by atoms with Crippen molar-refractivity contribution >= 4 is 68.7 Å². The molecule has 2 heterocycles. The molecule has 8 N–H and O–H groups in total. The van der Waals surface area contributed by atoms with Gasteiger partial charge in [-0.25, -0.2) is 22.7 Å². The summed E-state index contributed by atoms with van der Waals surface area (Å²) in [5, 5.41) is 25.7. The smallest absolute Gasteiger partial charge is 0.326 e. The number of hydrogen-bond acceptors (Lipinski definition) is 10. The van der Waals surface area contributed by atoms with Crippen LogP contribution in [0.3, 0.4) is 0 Å². The largest absolute Gasteiger partial charge is 0.480 e. The lowest BCUT2D eigenvalue weighted by atomic mass is 10.0. The van der Waals surface area contributed by atoms with Crippen LogP contribution in [0.4, 0.5) is 5.69 Å². The van der Waals surface area contributed by atoms with Crippen LogP contribution in [0.15, 0.2) is 46.2 Å². The number of halogens is 2. The van der Waals surface area contributed by atoms with Crippen molar-refractivity contribution in [1.82, 2.24) is 19.7 Å². The van der Waals surface area contributed by atoms with Crippen LogP contribution < -0.4 is 25.8 Å². The lowest BCUT2D eigenvalue weighted by Crippen LogP contribution is -2.54. The van der Waals surface area contributed by atoms with Gasteiger partial charge in [-0.05, 0) is 80.3 Å². The number of unbranched alkanes of at least 4 members (excludes halogenated alkanes) is 1. The second-order valence-electron chi connectivity index (χ2n) is 11.5. The molecule has 17 heteroatoms. The maximum Gasteiger partial charge on any atom is 0.326 e. The van der Waals surface area contributed by atoms with Crippen LogP contribution in [-0.4, -0.2) is 84.6 Å². The van der Waals surface area contributed by atoms with Gasteiger partial charge in [0.2, 0.25) is 15.9 Å². The van der Waals surface area contributed by atoms with Crippen LogP contribution in [-0.2, 0) is 37.4 Å². The Kier molecular flexibility index (Phi) is 13.6. The number of nitrogens with zero attached hydrogens (tertiary/aromatic N) is 1. The number of hydrogen-bond donors (Lipinski definition) is 7. The van der Waals surface area contributed by atoms with Crippen LogP contribution in [0.5, 0.6) is 0 Å². The van der Waals surface area contributed by atoms with E-state index in [1.54, 1.807) is 30.3 Å². The molecule has 0 aliphatic carbocycles. The van der Waals surface area contributed by atoms with Gasteiger partial charge in [0.15, 0.2) is 0 Å². The summed E-state index contributed by atoms with van der Waals surface area (Å²) in [5.74, 6) is -2.28. The second kappa shape index (κ2) is 17.2. The number of benzene rings is 2. The second-order valence-corrected chi connectivity index (χ2v) is 14.8. The van der Waals surface area contributed by atoms with Gasteiger partial charge in [0.05, 0.1) is 22.6 Å². The van der Waals surface area contributed by atoms with E-state index < -0.39 is 46.0 Å². The van der Waals surface area contributed by atoms with E-state index in [1.165, 1.54) is 22.9 Å². The van der Waals surface area contributed by atoms with Crippen molar-refractivity contribution in [3.8, 4) is 0 Å². The predicted octanol–water partition coefficient (Wildman–Crippen LogP) is 2.95. The Bertz CT molecular complexity index is 1530. The molecule has 0 saturated carbocycles. The van der Waals surface area contributed by atoms with Crippen molar-refractivity contribution in [2.45, 2.75) is 85.6 Å². The first-order chi connectivity index (χ1) is 22.4. The third-order valence-electron chi connectivity index (χ3n) is 8.10. The lowest BCUT2D eigenvalue weighted by molar-refractivity contribution is -0.149. The number of carbonyl (C=O) groups excluding carboxylic acids is 1. The van der Waals surface area contributed by atoms with Crippen molar-refractivity contribution in [2.24, 2.45) is 5.73 Å². The number of aryl methyl sites for hydroxylation is 1. The number of alkyl halides is 1. The number of nitrogens with one attached hydrogen (secondary N) is 4. The standard InChI is InChI=1S/C30H40Cl2N6O7S2/c31-16-27-36-23-14-20(32)26(15-25(23)46-37-27)47(44,45)34-17-19-8-6-18(7-9-19)10-11-22(29(40)41)35-21(4-1-2-12-33)28(39)38-13-3-5-24(38)30(42)43/h6-9,14-15,21-22,24,27,34-37H,1-5,10-13,16-17,33H2,(H,40,41)(H,42,43)/t21-,22?,24-,27?/m0/s1. The average Bonchev–Trinajstić information content (AvgIpc) is 3.55. The summed E-state index contributed by atoms with van der Waals surface area (Å²) in [6.07, 6.45) is 2.88. The summed E-state index contributed by atoms with van der Waals surface area (Å²) in [5.41, 5.74) is 7.81. The van der Waals surface area contributed by atoms with Gasteiger partial charge in [-0.3, -0.25) is 14.9 Å². The molecule has 2 unspecified atom stereocenters. The summed E-state index contributed by atoms with van der Waals surface area (Å²) in [7, 11) is -3.95. The molecule has 1 saturated heterocycles. The highest BCUT2D eigenvalue weighted by Gasteiger charge is 2.38. The SMILES string of the molecule is NCCCC[C@H](NC(CCc1ccc(CNS(=O)(=O)c2cc3c(cc2Cl)NC(CCl)NS3)cc1)C(=O)O)C(=O)N1CCC[C@H]1C(=O)O. The van der Waals surface area contributed by atoms with Gasteiger partial charge in [0.1, 0.15) is 23.1 Å². The van der Waals surface area contributed by atoms with Gasteiger partial charge in [-0.2, -0.15) is 0 Å². The van der Waals surface area contributed by atoms with Crippen molar-refractivity contribution in [3.63, 3.8) is 0 Å². The molecule has 47 heavy (non-hydrogen) atoms. The first-order valence-electron chi connectivity index (χ1n) is 15.3. The number of nitrogens with two attached hydrogens (primary N) is 1. The van der Waals surface area contributed by atoms with Gasteiger partial charge in [0, 0.05) is 18.0 Å². The zero-order valence-corrected chi connectivity index (χ0v) is 28.7. The summed E-state index contributed by atoms with van der Waals surface area (Å²) < 4.78 is 31.9. The zero-order valence-electron chi connectivity index (χ0n) is 25.6. The van der Waals surface area contributed by atoms with E-state index in [2.05, 4.69) is 20.1 Å². The zero-order chi connectivity index (χ0) is 34.1. The minimum absolute atomic E-state index is 0.00767. The molecule has 2 aliphatic heterocycles. The Hall–Kier alpha value is -2.63. The Labute approximate surface area is 288 Å². The van der Waals surface area contributed by atoms with E-state index in [-0.39, 0.29) is 29.0 Å². The van der Waals surface area contributed by atoms with E-state index in [0.717, 1.165) is 5.56 Å². The van der Waals surface area contributed by atoms with E-state index in [4.69, 9.17) is 28.9 Å². The van der Waals surface area contributed by atoms with E-state index in [1.807, 2.05) is 0 Å². The average molecular weight is 732 g/mol. The summed E-state index contributed by atoms with van der Waals surface area (Å²) in [6, 6.07) is 7.33. The van der Waals surface area contributed by atoms with Crippen molar-refractivity contribution in [3.05, 3.63) is 52.5 Å². The fourth-order valence-electron chi connectivity index (χ4n) is 5.53. The number of carboxylic acid groups (broad SMARTS) is 2. The molecule has 4 atom stereocenters. The Morgan fingerprint density at radius 2 is 1.81 bits per heavy atom. The fraction of sp³-hybridized carbons (Fsp3) is 0.500. The third-order valence-corrected chi connectivity index (χ3v) is 11.2. The summed E-state index contributed by atoms with van der Waals surface area (Å²) in [6.45, 7) is 0.747. The molecule has 4 rings (SSSR count). The summed E-state index contributed by atoms with van der Waals surface area (Å²) in [4.78, 5) is 39.2. The molecular formula is C30H40Cl2N6O7S2. The number of fused-ring (bicyclic) bond motifs is 1. The van der Waals surface area contributed by atoms with Crippen LogP contribution >= 0.6 is 35.1 Å². The molecule has 1 amide bonds. The molecule has 0 aromatic heterocycles. The number of likely N-dealkylation sites (tertiary alicyclic amines) is 1. The highest BCUT2D eigenvalue weighted by atomic mass is 35.5. The number of amides is 1. The molecule has 2 aromatic carbocycles. The van der Waals surface area contributed by atoms with Crippen LogP contribution in [0.25, 0.3) is 0 Å². The number of aliphatic carboxylic acids is 2. The number of anilines is 1. The molecule has 0 radical (unpaired) electrons. The summed E-state index contributed by atoms with van der Waals surface area (Å²) >= 11 is 13.5. The van der Waals surface area contributed by atoms with E-state index >= 15 is 0 Å². The number of carbonyl (C=O) groups is 3. The minimum Gasteiger partial charge on any atom is -0.480 e. The van der Waals surface area contributed by atoms with Gasteiger partial charge < -0.3 is 26.2 Å². The van der Waals surface area contributed by atoms with E-state index in [0.29, 0.717) is 73.6 Å². The van der Waals surface area contributed by atoms with E-state index in [9.17, 15) is 33.0 Å². The number of rotatable bonds is 17. The van der Waals surface area contributed by atoms with Gasteiger partial charge >= 0.3 is 11.9 Å². The predicted molar refractivity (Wildman–Crippen MR) is 181 cm³/mol. The maximum absolute atomic E-state index is 13.4. The van der Waals surface area contributed by atoms with Crippen LogP contribution in [0.2, 0.25) is 5.02 Å². The van der Waals surface area contributed by atoms with Gasteiger partial charge in [-0.15, -0.1) is 11.6 Å². The fourth-order valence-corrected chi connectivity index (χ4v) is 8.24. The van der Waals surface area contributed by atoms with Gasteiger partial charge in [-0.1, -0.05) is 42.3 Å². The van der Waals surface area contributed by atoms with Crippen molar-refractivity contribution in [1.29, 1.82) is 0 Å². The van der Waals surface area contributed by atoms with Crippen molar-refractivity contribution < 1.29 is 33.0 Å². The Morgan fingerprint density at radius 1 is 1.09 bits per heavy atom. The molecule has 258 valence electrons. The normalized spacial score (nSPS) is 19.1. The minimum atomic E-state index is -3.95. The van der Waals surface area contributed by atoms with Crippen molar-refractivity contribution in [2.75, 3.05) is 24.3 Å². The molecule has 2 aliphatic rings. The van der Waals surface area contributed by atoms with Gasteiger partial charge in [0.25, 0.3) is 0 Å². The Morgan fingerprint density at radius 3 is 2.47 bits per heavy atom. The molecular weight excluding hydrogens is 691 g/mol. The first kappa shape index (κ1) is 37.2. The number of carboxylic acids is 2. The van der Waals surface area contributed by atoms with Crippen LogP contribution in [0, 0.1) is 0 Å². The highest BCUT2D eigenvalue weighted by molar-refractivity contribution is 7.97. The maximum atomic E-state index is 13.4. The Balaban J connectivity index is 1.35. The number of sulfonamides is 1. The van der Waals surface area contributed by atoms with Crippen LogP contribution in [0.1, 0.15) is 49.7 Å². The third kappa shape index (κ3) is 9.95.